The number of hydrogen-bond donors (Lipinski definition) is 0. The van der Waals surface area contributed by atoms with Gasteiger partial charge < -0.3 is 14.0 Å². The van der Waals surface area contributed by atoms with Crippen molar-refractivity contribution in [3.63, 3.8) is 0 Å². The molecule has 0 unspecified atom stereocenters. The number of para-hydroxylation sites is 2. The fraction of sp³-hybridized carbons (Fsp3) is 0.208. The molecule has 0 fully saturated rings. The van der Waals surface area contributed by atoms with Crippen LogP contribution in [-0.4, -0.2) is 16.2 Å². The van der Waals surface area contributed by atoms with Crippen molar-refractivity contribution >= 4 is 22.6 Å². The number of nitrogens with zero attached hydrogens (tertiary/aromatic N) is 2. The van der Waals surface area contributed by atoms with Gasteiger partial charge in [0.05, 0.1) is 17.6 Å². The molecular weight excluding hydrogens is 384 g/mol. The van der Waals surface area contributed by atoms with Crippen molar-refractivity contribution in [2.45, 2.75) is 27.0 Å². The molecule has 0 amide bonds. The van der Waals surface area contributed by atoms with Gasteiger partial charge in [-0.3, -0.25) is 0 Å². The van der Waals surface area contributed by atoms with E-state index in [2.05, 4.69) is 42.7 Å². The highest BCUT2D eigenvalue weighted by atomic mass is 35.5. The van der Waals surface area contributed by atoms with E-state index in [4.69, 9.17) is 26.1 Å². The van der Waals surface area contributed by atoms with Gasteiger partial charge in [-0.1, -0.05) is 35.9 Å². The summed E-state index contributed by atoms with van der Waals surface area (Å²) < 4.78 is 14.2. The molecule has 4 aromatic rings. The van der Waals surface area contributed by atoms with E-state index < -0.39 is 0 Å². The van der Waals surface area contributed by atoms with E-state index in [1.165, 1.54) is 5.56 Å². The van der Waals surface area contributed by atoms with Crippen molar-refractivity contribution in [2.24, 2.45) is 0 Å². The third-order valence-corrected chi connectivity index (χ3v) is 5.08. The van der Waals surface area contributed by atoms with E-state index in [1.807, 2.05) is 42.5 Å². The van der Waals surface area contributed by atoms with E-state index in [0.717, 1.165) is 33.9 Å². The van der Waals surface area contributed by atoms with Crippen molar-refractivity contribution in [3.05, 3.63) is 88.7 Å². The fourth-order valence-electron chi connectivity index (χ4n) is 3.28. The van der Waals surface area contributed by atoms with Gasteiger partial charge in [0.1, 0.15) is 30.5 Å². The fourth-order valence-corrected chi connectivity index (χ4v) is 3.40. The lowest BCUT2D eigenvalue weighted by Gasteiger charge is -2.13. The monoisotopic (exact) mass is 406 g/mol. The van der Waals surface area contributed by atoms with E-state index >= 15 is 0 Å². The lowest BCUT2D eigenvalue weighted by atomic mass is 10.1. The van der Waals surface area contributed by atoms with Crippen molar-refractivity contribution in [1.82, 2.24) is 9.55 Å². The molecule has 0 aliphatic heterocycles. The highest BCUT2D eigenvalue weighted by Crippen LogP contribution is 2.22. The summed E-state index contributed by atoms with van der Waals surface area (Å²) in [6, 6.07) is 21.7. The molecule has 0 saturated carbocycles. The summed E-state index contributed by atoms with van der Waals surface area (Å²) in [6.07, 6.45) is 0. The van der Waals surface area contributed by atoms with Crippen LogP contribution >= 0.6 is 11.6 Å². The molecule has 5 heteroatoms. The number of halogens is 1. The highest BCUT2D eigenvalue weighted by molar-refractivity contribution is 6.30. The number of ether oxygens (including phenoxy) is 2. The topological polar surface area (TPSA) is 36.3 Å². The molecule has 0 bridgehead atoms. The van der Waals surface area contributed by atoms with Crippen LogP contribution < -0.4 is 9.47 Å². The predicted molar refractivity (Wildman–Crippen MR) is 117 cm³/mol. The van der Waals surface area contributed by atoms with Gasteiger partial charge in [0.25, 0.3) is 0 Å². The number of rotatable bonds is 7. The predicted octanol–water partition coefficient (Wildman–Crippen LogP) is 5.96. The summed E-state index contributed by atoms with van der Waals surface area (Å²) in [7, 11) is 0. The first-order valence-corrected chi connectivity index (χ1v) is 10.0. The Morgan fingerprint density at radius 1 is 0.931 bits per heavy atom. The van der Waals surface area contributed by atoms with Crippen LogP contribution in [0, 0.1) is 13.8 Å². The normalized spacial score (nSPS) is 11.0. The van der Waals surface area contributed by atoms with Crippen molar-refractivity contribution in [1.29, 1.82) is 0 Å². The van der Waals surface area contributed by atoms with E-state index in [0.29, 0.717) is 24.8 Å². The lowest BCUT2D eigenvalue weighted by Crippen LogP contribution is -2.13. The summed E-state index contributed by atoms with van der Waals surface area (Å²) in [5, 5.41) is 0.698. The second kappa shape index (κ2) is 8.58. The number of aryl methyl sites for hydroxylation is 2. The molecule has 148 valence electrons. The second-order valence-electron chi connectivity index (χ2n) is 7.03. The molecule has 1 heterocycles. The zero-order chi connectivity index (χ0) is 20.2. The Hall–Kier alpha value is -2.98. The number of imidazole rings is 1. The molecule has 0 aliphatic rings. The minimum absolute atomic E-state index is 0.403. The summed E-state index contributed by atoms with van der Waals surface area (Å²) in [4.78, 5) is 4.78. The van der Waals surface area contributed by atoms with Crippen LogP contribution in [0.4, 0.5) is 0 Å². The van der Waals surface area contributed by atoms with Gasteiger partial charge in [-0.2, -0.15) is 0 Å². The van der Waals surface area contributed by atoms with Crippen molar-refractivity contribution < 1.29 is 9.47 Å². The standard InChI is InChI=1S/C24H23ClN2O2/c1-17-7-8-18(2)23(15-17)29-16-24-26-21-5-3-4-6-22(21)27(24)13-14-28-20-11-9-19(25)10-12-20/h3-12,15H,13-14,16H2,1-2H3. The van der Waals surface area contributed by atoms with E-state index in [1.54, 1.807) is 0 Å². The van der Waals surface area contributed by atoms with Gasteiger partial charge >= 0.3 is 0 Å². The number of benzene rings is 3. The van der Waals surface area contributed by atoms with Gasteiger partial charge in [0.15, 0.2) is 0 Å². The Kier molecular flexibility index (Phi) is 5.72. The van der Waals surface area contributed by atoms with Gasteiger partial charge in [0, 0.05) is 5.02 Å². The molecule has 4 nitrogen and oxygen atoms in total. The molecule has 4 rings (SSSR count). The third kappa shape index (κ3) is 4.54. The minimum Gasteiger partial charge on any atom is -0.492 e. The Labute approximate surface area is 175 Å². The highest BCUT2D eigenvalue weighted by Gasteiger charge is 2.12. The maximum absolute atomic E-state index is 6.11. The first kappa shape index (κ1) is 19.3. The van der Waals surface area contributed by atoms with Gasteiger partial charge in [-0.25, -0.2) is 4.98 Å². The van der Waals surface area contributed by atoms with Gasteiger partial charge in [0.2, 0.25) is 0 Å². The number of fused-ring (bicyclic) bond motifs is 1. The Morgan fingerprint density at radius 3 is 2.55 bits per heavy atom. The average molecular weight is 407 g/mol. The largest absolute Gasteiger partial charge is 0.492 e. The quantitative estimate of drug-likeness (QED) is 0.379. The Morgan fingerprint density at radius 2 is 1.72 bits per heavy atom. The average Bonchev–Trinajstić information content (AvgIpc) is 3.08. The first-order valence-electron chi connectivity index (χ1n) is 9.63. The van der Waals surface area contributed by atoms with Gasteiger partial charge in [-0.15, -0.1) is 0 Å². The maximum atomic E-state index is 6.11. The first-order chi connectivity index (χ1) is 14.1. The number of hydrogen-bond acceptors (Lipinski definition) is 3. The smallest absolute Gasteiger partial charge is 0.148 e. The summed E-state index contributed by atoms with van der Waals surface area (Å²) >= 11 is 5.94. The van der Waals surface area contributed by atoms with Crippen LogP contribution in [0.5, 0.6) is 11.5 Å². The van der Waals surface area contributed by atoms with E-state index in [-0.39, 0.29) is 0 Å². The molecule has 0 spiro atoms. The lowest BCUT2D eigenvalue weighted by molar-refractivity contribution is 0.271. The molecule has 1 aromatic heterocycles. The SMILES string of the molecule is Cc1ccc(C)c(OCc2nc3ccccc3n2CCOc2ccc(Cl)cc2)c1. The molecule has 0 aliphatic carbocycles. The zero-order valence-electron chi connectivity index (χ0n) is 16.6. The summed E-state index contributed by atoms with van der Waals surface area (Å²) in [6.45, 7) is 5.72. The molecule has 3 aromatic carbocycles. The molecule has 0 atom stereocenters. The zero-order valence-corrected chi connectivity index (χ0v) is 17.3. The van der Waals surface area contributed by atoms with Crippen LogP contribution in [0.2, 0.25) is 5.02 Å². The molecule has 0 N–H and O–H groups in total. The Balaban J connectivity index is 1.52. The van der Waals surface area contributed by atoms with Crippen molar-refractivity contribution in [3.8, 4) is 11.5 Å². The van der Waals surface area contributed by atoms with Gasteiger partial charge in [-0.05, 0) is 67.4 Å². The van der Waals surface area contributed by atoms with Crippen LogP contribution in [0.1, 0.15) is 17.0 Å². The van der Waals surface area contributed by atoms with Crippen molar-refractivity contribution in [2.75, 3.05) is 6.61 Å². The van der Waals surface area contributed by atoms with E-state index in [9.17, 15) is 0 Å². The summed E-state index contributed by atoms with van der Waals surface area (Å²) in [5.41, 5.74) is 4.32. The molecular formula is C24H23ClN2O2. The molecule has 0 radical (unpaired) electrons. The van der Waals surface area contributed by atoms with Crippen LogP contribution in [0.15, 0.2) is 66.7 Å². The van der Waals surface area contributed by atoms with Crippen LogP contribution in [-0.2, 0) is 13.2 Å². The molecule has 29 heavy (non-hydrogen) atoms. The van der Waals surface area contributed by atoms with Crippen LogP contribution in [0.3, 0.4) is 0 Å². The third-order valence-electron chi connectivity index (χ3n) is 4.83. The number of aromatic nitrogens is 2. The minimum atomic E-state index is 0.403. The second-order valence-corrected chi connectivity index (χ2v) is 7.46. The maximum Gasteiger partial charge on any atom is 0.148 e. The molecule has 0 saturated heterocycles. The Bertz CT molecular complexity index is 1120. The summed E-state index contributed by atoms with van der Waals surface area (Å²) in [5.74, 6) is 2.57. The van der Waals surface area contributed by atoms with Crippen LogP contribution in [0.25, 0.3) is 11.0 Å².